The number of nitro benzene ring substituents is 1. The molecule has 2 aromatic carbocycles. The molecule has 2 aromatic rings. The number of aliphatic hydroxyl groups excluding tert-OH is 1. The molecule has 6 heteroatoms. The monoisotopic (exact) mass is 339 g/mol. The third-order valence-corrected chi connectivity index (χ3v) is 4.63. The Morgan fingerprint density at radius 3 is 2.58 bits per heavy atom. The molecule has 98 valence electrons. The molecule has 0 saturated carbocycles. The van der Waals surface area contributed by atoms with Gasteiger partial charge in [0.2, 0.25) is 0 Å². The smallest absolute Gasteiger partial charge is 0.269 e. The molecule has 0 radical (unpaired) electrons. The Morgan fingerprint density at radius 2 is 1.95 bits per heavy atom. The van der Waals surface area contributed by atoms with Crippen molar-refractivity contribution in [2.75, 3.05) is 0 Å². The Morgan fingerprint density at radius 1 is 1.21 bits per heavy atom. The van der Waals surface area contributed by atoms with E-state index in [0.29, 0.717) is 5.56 Å². The van der Waals surface area contributed by atoms with Crippen molar-refractivity contribution in [3.05, 3.63) is 62.6 Å². The molecule has 0 spiro atoms. The Bertz CT molecular complexity index is 619. The highest BCUT2D eigenvalue weighted by atomic mass is 79.9. The number of benzene rings is 2. The molecule has 0 aliphatic carbocycles. The van der Waals surface area contributed by atoms with Gasteiger partial charge in [-0.1, -0.05) is 23.9 Å². The number of aliphatic hydroxyl groups is 1. The third-order valence-electron chi connectivity index (χ3n) is 2.48. The lowest BCUT2D eigenvalue weighted by Crippen LogP contribution is -1.93. The van der Waals surface area contributed by atoms with Crippen LogP contribution in [0.3, 0.4) is 0 Å². The van der Waals surface area contributed by atoms with Gasteiger partial charge >= 0.3 is 0 Å². The molecule has 2 rings (SSSR count). The number of non-ortho nitro benzene ring substituents is 1. The lowest BCUT2D eigenvalue weighted by Gasteiger charge is -2.08. The Labute approximate surface area is 122 Å². The van der Waals surface area contributed by atoms with Crippen LogP contribution >= 0.6 is 27.7 Å². The number of rotatable bonds is 4. The van der Waals surface area contributed by atoms with E-state index < -0.39 is 4.92 Å². The van der Waals surface area contributed by atoms with Crippen LogP contribution in [0.4, 0.5) is 5.69 Å². The van der Waals surface area contributed by atoms with Crippen molar-refractivity contribution in [2.24, 2.45) is 0 Å². The summed E-state index contributed by atoms with van der Waals surface area (Å²) < 4.78 is 0.947. The molecule has 19 heavy (non-hydrogen) atoms. The SMILES string of the molecule is O=[N+]([O-])c1ccc(Sc2ccccc2Br)c(CO)c1. The van der Waals surface area contributed by atoms with Crippen LogP contribution in [-0.2, 0) is 6.61 Å². The van der Waals surface area contributed by atoms with Crippen LogP contribution in [0.25, 0.3) is 0 Å². The first-order valence-electron chi connectivity index (χ1n) is 5.42. The number of hydrogen-bond donors (Lipinski definition) is 1. The number of halogens is 1. The van der Waals surface area contributed by atoms with Gasteiger partial charge in [-0.25, -0.2) is 0 Å². The zero-order valence-electron chi connectivity index (χ0n) is 9.75. The molecule has 0 saturated heterocycles. The predicted octanol–water partition coefficient (Wildman–Crippen LogP) is 4.00. The standard InChI is InChI=1S/C13H10BrNO3S/c14-11-3-1-2-4-13(11)19-12-6-5-10(15(17)18)7-9(12)8-16/h1-7,16H,8H2. The zero-order chi connectivity index (χ0) is 13.8. The first kappa shape index (κ1) is 14.0. The quantitative estimate of drug-likeness (QED) is 0.675. The van der Waals surface area contributed by atoms with Gasteiger partial charge in [-0.3, -0.25) is 10.1 Å². The van der Waals surface area contributed by atoms with Gasteiger partial charge in [-0.2, -0.15) is 0 Å². The minimum atomic E-state index is -0.466. The zero-order valence-corrected chi connectivity index (χ0v) is 12.1. The largest absolute Gasteiger partial charge is 0.392 e. The summed E-state index contributed by atoms with van der Waals surface area (Å²) in [6.07, 6.45) is 0. The summed E-state index contributed by atoms with van der Waals surface area (Å²) in [4.78, 5) is 12.0. The minimum Gasteiger partial charge on any atom is -0.392 e. The van der Waals surface area contributed by atoms with Gasteiger partial charge in [0.05, 0.1) is 11.5 Å². The molecule has 0 aliphatic heterocycles. The molecule has 0 aliphatic rings. The lowest BCUT2D eigenvalue weighted by molar-refractivity contribution is -0.385. The van der Waals surface area contributed by atoms with Gasteiger partial charge in [0, 0.05) is 26.4 Å². The van der Waals surface area contributed by atoms with Crippen LogP contribution in [0.15, 0.2) is 56.7 Å². The van der Waals surface area contributed by atoms with Crippen molar-refractivity contribution in [1.82, 2.24) is 0 Å². The van der Waals surface area contributed by atoms with Crippen molar-refractivity contribution < 1.29 is 10.0 Å². The van der Waals surface area contributed by atoms with E-state index in [1.54, 1.807) is 6.07 Å². The molecule has 0 amide bonds. The van der Waals surface area contributed by atoms with E-state index in [1.807, 2.05) is 24.3 Å². The van der Waals surface area contributed by atoms with E-state index in [4.69, 9.17) is 0 Å². The number of nitrogens with zero attached hydrogens (tertiary/aromatic N) is 1. The second-order valence-electron chi connectivity index (χ2n) is 3.74. The third kappa shape index (κ3) is 3.34. The maximum atomic E-state index is 10.7. The van der Waals surface area contributed by atoms with Gasteiger partial charge in [0.25, 0.3) is 5.69 Å². The van der Waals surface area contributed by atoms with Crippen LogP contribution in [0, 0.1) is 10.1 Å². The normalized spacial score (nSPS) is 10.4. The summed E-state index contributed by atoms with van der Waals surface area (Å²) in [6.45, 7) is -0.228. The van der Waals surface area contributed by atoms with Gasteiger partial charge in [0.15, 0.2) is 0 Å². The molecule has 0 unspecified atom stereocenters. The molecular formula is C13H10BrNO3S. The van der Waals surface area contributed by atoms with E-state index in [-0.39, 0.29) is 12.3 Å². The number of hydrogen-bond acceptors (Lipinski definition) is 4. The Kier molecular flexibility index (Phi) is 4.57. The molecule has 0 heterocycles. The van der Waals surface area contributed by atoms with Crippen LogP contribution in [0.5, 0.6) is 0 Å². The summed E-state index contributed by atoms with van der Waals surface area (Å²) >= 11 is 4.90. The van der Waals surface area contributed by atoms with Crippen molar-refractivity contribution >= 4 is 33.4 Å². The molecule has 4 nitrogen and oxygen atoms in total. The second kappa shape index (κ2) is 6.18. The van der Waals surface area contributed by atoms with E-state index in [0.717, 1.165) is 14.3 Å². The summed E-state index contributed by atoms with van der Waals surface area (Å²) in [7, 11) is 0. The molecule has 0 atom stereocenters. The van der Waals surface area contributed by atoms with Crippen LogP contribution in [0.1, 0.15) is 5.56 Å². The summed E-state index contributed by atoms with van der Waals surface area (Å²) in [5.74, 6) is 0. The highest BCUT2D eigenvalue weighted by molar-refractivity contribution is 9.10. The van der Waals surface area contributed by atoms with E-state index in [1.165, 1.54) is 23.9 Å². The predicted molar refractivity (Wildman–Crippen MR) is 77.3 cm³/mol. The van der Waals surface area contributed by atoms with Crippen molar-refractivity contribution in [3.63, 3.8) is 0 Å². The topological polar surface area (TPSA) is 63.4 Å². The number of nitro groups is 1. The van der Waals surface area contributed by atoms with E-state index in [2.05, 4.69) is 15.9 Å². The second-order valence-corrected chi connectivity index (χ2v) is 5.68. The average molecular weight is 340 g/mol. The fourth-order valence-corrected chi connectivity index (χ4v) is 3.02. The highest BCUT2D eigenvalue weighted by Gasteiger charge is 2.12. The Hall–Kier alpha value is -1.37. The average Bonchev–Trinajstić information content (AvgIpc) is 2.41. The highest BCUT2D eigenvalue weighted by Crippen LogP contribution is 2.36. The molecule has 0 bridgehead atoms. The molecular weight excluding hydrogens is 330 g/mol. The van der Waals surface area contributed by atoms with E-state index in [9.17, 15) is 15.2 Å². The first-order valence-corrected chi connectivity index (χ1v) is 7.03. The molecule has 0 aromatic heterocycles. The minimum absolute atomic E-state index is 0.0134. The van der Waals surface area contributed by atoms with Crippen LogP contribution < -0.4 is 0 Å². The van der Waals surface area contributed by atoms with Gasteiger partial charge in [0.1, 0.15) is 0 Å². The maximum Gasteiger partial charge on any atom is 0.269 e. The van der Waals surface area contributed by atoms with Crippen molar-refractivity contribution in [2.45, 2.75) is 16.4 Å². The van der Waals surface area contributed by atoms with Crippen molar-refractivity contribution in [3.8, 4) is 0 Å². The Balaban J connectivity index is 2.35. The summed E-state index contributed by atoms with van der Waals surface area (Å²) in [5, 5.41) is 20.0. The van der Waals surface area contributed by atoms with Gasteiger partial charge < -0.3 is 5.11 Å². The van der Waals surface area contributed by atoms with Gasteiger partial charge in [-0.05, 0) is 39.7 Å². The van der Waals surface area contributed by atoms with Crippen LogP contribution in [0.2, 0.25) is 0 Å². The fraction of sp³-hybridized carbons (Fsp3) is 0.0769. The van der Waals surface area contributed by atoms with Crippen LogP contribution in [-0.4, -0.2) is 10.0 Å². The van der Waals surface area contributed by atoms with Gasteiger partial charge in [-0.15, -0.1) is 0 Å². The lowest BCUT2D eigenvalue weighted by atomic mass is 10.2. The van der Waals surface area contributed by atoms with Crippen molar-refractivity contribution in [1.29, 1.82) is 0 Å². The van der Waals surface area contributed by atoms with E-state index >= 15 is 0 Å². The fourth-order valence-electron chi connectivity index (χ4n) is 1.55. The first-order chi connectivity index (χ1) is 9.11. The summed E-state index contributed by atoms with van der Waals surface area (Å²) in [5.41, 5.74) is 0.537. The maximum absolute atomic E-state index is 10.7. The molecule has 0 fully saturated rings. The molecule has 1 N–H and O–H groups in total. The summed E-state index contributed by atoms with van der Waals surface area (Å²) in [6, 6.07) is 12.2.